The van der Waals surface area contributed by atoms with Crippen LogP contribution >= 0.6 is 11.6 Å². The second-order valence-corrected chi connectivity index (χ2v) is 6.06. The van der Waals surface area contributed by atoms with Gasteiger partial charge in [-0.15, -0.1) is 0 Å². The Kier molecular flexibility index (Phi) is 4.63. The molecule has 0 aliphatic carbocycles. The number of nitrogens with one attached hydrogen (secondary N) is 1. The van der Waals surface area contributed by atoms with E-state index < -0.39 is 0 Å². The molecule has 8 nitrogen and oxygen atoms in total. The first kappa shape index (κ1) is 16.9. The Morgan fingerprint density at radius 3 is 2.44 bits per heavy atom. The van der Waals surface area contributed by atoms with Crippen LogP contribution in [0.5, 0.6) is 0 Å². The Morgan fingerprint density at radius 2 is 1.67 bits per heavy atom. The first-order chi connectivity index (χ1) is 13.2. The predicted octanol–water partition coefficient (Wildman–Crippen LogP) is 3.49. The summed E-state index contributed by atoms with van der Waals surface area (Å²) in [6.45, 7) is 0. The molecular weight excluding hydrogens is 366 g/mol. The zero-order chi connectivity index (χ0) is 18.6. The standard InChI is InChI=1S/C18H14ClN7O/c19-12-8-6-11(7-9-12)16-22-15(26-27-16)10-14-23-17(20)25-18(24-14)21-13-4-2-1-3-5-13/h1-9H,10H2,(H3,20,21,23,24,25). The molecule has 0 radical (unpaired) electrons. The van der Waals surface area contributed by atoms with Gasteiger partial charge in [-0.2, -0.15) is 19.9 Å². The Balaban J connectivity index is 1.53. The monoisotopic (exact) mass is 379 g/mol. The zero-order valence-electron chi connectivity index (χ0n) is 14.0. The van der Waals surface area contributed by atoms with Crippen LogP contribution in [0.15, 0.2) is 59.1 Å². The van der Waals surface area contributed by atoms with Gasteiger partial charge in [0.25, 0.3) is 5.89 Å². The van der Waals surface area contributed by atoms with Gasteiger partial charge in [0.15, 0.2) is 5.82 Å². The van der Waals surface area contributed by atoms with E-state index in [1.54, 1.807) is 12.1 Å². The average Bonchev–Trinajstić information content (AvgIpc) is 3.11. The van der Waals surface area contributed by atoms with E-state index >= 15 is 0 Å². The first-order valence-electron chi connectivity index (χ1n) is 8.07. The van der Waals surface area contributed by atoms with Crippen LogP contribution in [0.3, 0.4) is 0 Å². The molecule has 3 N–H and O–H groups in total. The van der Waals surface area contributed by atoms with Crippen molar-refractivity contribution < 1.29 is 4.52 Å². The van der Waals surface area contributed by atoms with Crippen molar-refractivity contribution in [2.24, 2.45) is 0 Å². The van der Waals surface area contributed by atoms with Crippen molar-refractivity contribution in [2.45, 2.75) is 6.42 Å². The van der Waals surface area contributed by atoms with Crippen molar-refractivity contribution in [3.05, 3.63) is 71.3 Å². The van der Waals surface area contributed by atoms with E-state index in [1.165, 1.54) is 0 Å². The van der Waals surface area contributed by atoms with Gasteiger partial charge in [0, 0.05) is 16.3 Å². The van der Waals surface area contributed by atoms with E-state index in [0.717, 1.165) is 11.3 Å². The van der Waals surface area contributed by atoms with Crippen LogP contribution in [-0.4, -0.2) is 25.1 Å². The Bertz CT molecular complexity index is 1050. The molecule has 0 atom stereocenters. The summed E-state index contributed by atoms with van der Waals surface area (Å²) in [5.74, 6) is 1.73. The van der Waals surface area contributed by atoms with E-state index in [2.05, 4.69) is 30.4 Å². The summed E-state index contributed by atoms with van der Waals surface area (Å²) in [7, 11) is 0. The van der Waals surface area contributed by atoms with E-state index in [-0.39, 0.29) is 12.4 Å². The van der Waals surface area contributed by atoms with E-state index in [4.69, 9.17) is 21.9 Å². The summed E-state index contributed by atoms with van der Waals surface area (Å²) in [5.41, 5.74) is 7.42. The topological polar surface area (TPSA) is 116 Å². The van der Waals surface area contributed by atoms with Gasteiger partial charge in [-0.25, -0.2) is 0 Å². The van der Waals surface area contributed by atoms with Crippen molar-refractivity contribution in [3.63, 3.8) is 0 Å². The predicted molar refractivity (Wildman–Crippen MR) is 102 cm³/mol. The highest BCUT2D eigenvalue weighted by molar-refractivity contribution is 6.30. The van der Waals surface area contributed by atoms with Gasteiger partial charge in [0.2, 0.25) is 11.9 Å². The van der Waals surface area contributed by atoms with Crippen LogP contribution in [0.1, 0.15) is 11.6 Å². The molecule has 4 aromatic rings. The van der Waals surface area contributed by atoms with Crippen LogP contribution in [0.2, 0.25) is 5.02 Å². The number of hydrogen-bond acceptors (Lipinski definition) is 8. The maximum atomic E-state index is 5.89. The van der Waals surface area contributed by atoms with Crippen molar-refractivity contribution in [1.29, 1.82) is 0 Å². The molecule has 27 heavy (non-hydrogen) atoms. The minimum Gasteiger partial charge on any atom is -0.368 e. The van der Waals surface area contributed by atoms with Crippen LogP contribution in [0.25, 0.3) is 11.5 Å². The van der Waals surface area contributed by atoms with E-state index in [9.17, 15) is 0 Å². The number of aromatic nitrogens is 5. The number of nitrogens with zero attached hydrogens (tertiary/aromatic N) is 5. The lowest BCUT2D eigenvalue weighted by Gasteiger charge is -2.06. The highest BCUT2D eigenvalue weighted by atomic mass is 35.5. The number of benzene rings is 2. The molecule has 0 spiro atoms. The molecule has 9 heteroatoms. The van der Waals surface area contributed by atoms with E-state index in [0.29, 0.717) is 28.5 Å². The fourth-order valence-electron chi connectivity index (χ4n) is 2.40. The molecule has 2 heterocycles. The van der Waals surface area contributed by atoms with Gasteiger partial charge in [-0.05, 0) is 36.4 Å². The van der Waals surface area contributed by atoms with Gasteiger partial charge in [-0.1, -0.05) is 35.0 Å². The SMILES string of the molecule is Nc1nc(Cc2noc(-c3ccc(Cl)cc3)n2)nc(Nc2ccccc2)n1. The molecule has 2 aromatic heterocycles. The summed E-state index contributed by atoms with van der Waals surface area (Å²) < 4.78 is 5.30. The second kappa shape index (κ2) is 7.38. The maximum absolute atomic E-state index is 5.89. The summed E-state index contributed by atoms with van der Waals surface area (Å²) in [5, 5.41) is 7.70. The highest BCUT2D eigenvalue weighted by Crippen LogP contribution is 2.20. The minimum absolute atomic E-state index is 0.111. The molecule has 2 aromatic carbocycles. The maximum Gasteiger partial charge on any atom is 0.257 e. The van der Waals surface area contributed by atoms with Crippen LogP contribution < -0.4 is 11.1 Å². The fourth-order valence-corrected chi connectivity index (χ4v) is 2.53. The molecule has 0 saturated carbocycles. The summed E-state index contributed by atoms with van der Waals surface area (Å²) in [6, 6.07) is 16.7. The van der Waals surface area contributed by atoms with Gasteiger partial charge < -0.3 is 15.6 Å². The van der Waals surface area contributed by atoms with Crippen molar-refractivity contribution >= 4 is 29.2 Å². The van der Waals surface area contributed by atoms with Gasteiger partial charge in [0.1, 0.15) is 5.82 Å². The van der Waals surface area contributed by atoms with Crippen molar-refractivity contribution in [2.75, 3.05) is 11.1 Å². The lowest BCUT2D eigenvalue weighted by molar-refractivity contribution is 0.423. The number of rotatable bonds is 5. The Hall–Kier alpha value is -3.52. The molecule has 0 aliphatic rings. The molecule has 0 saturated heterocycles. The number of para-hydroxylation sites is 1. The molecule has 0 aliphatic heterocycles. The molecule has 0 amide bonds. The fraction of sp³-hybridized carbons (Fsp3) is 0.0556. The number of halogens is 1. The van der Waals surface area contributed by atoms with Crippen LogP contribution in [0.4, 0.5) is 17.6 Å². The van der Waals surface area contributed by atoms with Gasteiger partial charge >= 0.3 is 0 Å². The van der Waals surface area contributed by atoms with Crippen molar-refractivity contribution in [3.8, 4) is 11.5 Å². The van der Waals surface area contributed by atoms with Gasteiger partial charge in [0.05, 0.1) is 6.42 Å². The molecule has 4 rings (SSSR count). The number of anilines is 3. The number of nitrogen functional groups attached to an aromatic ring is 1. The number of nitrogens with two attached hydrogens (primary N) is 1. The lowest BCUT2D eigenvalue weighted by Crippen LogP contribution is -2.08. The zero-order valence-corrected chi connectivity index (χ0v) is 14.8. The number of hydrogen-bond donors (Lipinski definition) is 2. The van der Waals surface area contributed by atoms with Crippen LogP contribution in [-0.2, 0) is 6.42 Å². The third-order valence-corrected chi connectivity index (χ3v) is 3.86. The smallest absolute Gasteiger partial charge is 0.257 e. The summed E-state index contributed by atoms with van der Waals surface area (Å²) >= 11 is 5.89. The first-order valence-corrected chi connectivity index (χ1v) is 8.44. The lowest BCUT2D eigenvalue weighted by atomic mass is 10.2. The average molecular weight is 380 g/mol. The summed E-state index contributed by atoms with van der Waals surface area (Å²) in [4.78, 5) is 17.0. The molecule has 0 bridgehead atoms. The third-order valence-electron chi connectivity index (χ3n) is 3.60. The second-order valence-electron chi connectivity index (χ2n) is 5.62. The van der Waals surface area contributed by atoms with E-state index in [1.807, 2.05) is 42.5 Å². The minimum atomic E-state index is 0.111. The third kappa shape index (κ3) is 4.18. The summed E-state index contributed by atoms with van der Waals surface area (Å²) in [6.07, 6.45) is 0.257. The van der Waals surface area contributed by atoms with Crippen molar-refractivity contribution in [1.82, 2.24) is 25.1 Å². The van der Waals surface area contributed by atoms with Crippen LogP contribution in [0, 0.1) is 0 Å². The quantitative estimate of drug-likeness (QED) is 0.541. The molecular formula is C18H14ClN7O. The normalized spacial score (nSPS) is 10.7. The molecule has 134 valence electrons. The largest absolute Gasteiger partial charge is 0.368 e. The highest BCUT2D eigenvalue weighted by Gasteiger charge is 2.12. The molecule has 0 fully saturated rings. The molecule has 0 unspecified atom stereocenters. The Morgan fingerprint density at radius 1 is 0.889 bits per heavy atom. The van der Waals surface area contributed by atoms with Gasteiger partial charge in [-0.3, -0.25) is 0 Å². The Labute approximate surface area is 159 Å².